The predicted molar refractivity (Wildman–Crippen MR) is 77.2 cm³/mol. The maximum absolute atomic E-state index is 13.6. The van der Waals surface area contributed by atoms with Crippen LogP contribution in [0.15, 0.2) is 40.9 Å². The molecular formula is C15H14BrF2N. The fraction of sp³-hybridized carbons (Fsp3) is 0.200. The zero-order valence-electron chi connectivity index (χ0n) is 10.5. The van der Waals surface area contributed by atoms with Gasteiger partial charge in [0.1, 0.15) is 11.6 Å². The molecule has 19 heavy (non-hydrogen) atoms. The molecule has 100 valence electrons. The molecule has 4 heteroatoms. The second-order valence-electron chi connectivity index (χ2n) is 4.27. The molecule has 0 fully saturated rings. The van der Waals surface area contributed by atoms with E-state index >= 15 is 0 Å². The van der Waals surface area contributed by atoms with E-state index in [9.17, 15) is 8.78 Å². The molecule has 0 aliphatic rings. The number of anilines is 1. The SMILES string of the molecule is CCc1ccc(CNc2c(F)cc(F)cc2Br)cc1. The van der Waals surface area contributed by atoms with Gasteiger partial charge in [-0.1, -0.05) is 31.2 Å². The van der Waals surface area contributed by atoms with Crippen LogP contribution in [0.4, 0.5) is 14.5 Å². The Kier molecular flexibility index (Phi) is 4.53. The van der Waals surface area contributed by atoms with Crippen LogP contribution in [0, 0.1) is 11.6 Å². The summed E-state index contributed by atoms with van der Waals surface area (Å²) in [6.45, 7) is 2.59. The van der Waals surface area contributed by atoms with Gasteiger partial charge in [0.15, 0.2) is 0 Å². The Balaban J connectivity index is 2.10. The first-order chi connectivity index (χ1) is 9.10. The van der Waals surface area contributed by atoms with Gasteiger partial charge in [0, 0.05) is 17.1 Å². The van der Waals surface area contributed by atoms with Gasteiger partial charge in [-0.3, -0.25) is 0 Å². The maximum atomic E-state index is 13.6. The highest BCUT2D eigenvalue weighted by molar-refractivity contribution is 9.10. The highest BCUT2D eigenvalue weighted by atomic mass is 79.9. The Bertz CT molecular complexity index is 544. The topological polar surface area (TPSA) is 12.0 Å². The minimum absolute atomic E-state index is 0.279. The molecule has 2 rings (SSSR count). The van der Waals surface area contributed by atoms with E-state index in [0.717, 1.165) is 18.1 Å². The average Bonchev–Trinajstić information content (AvgIpc) is 2.38. The molecule has 0 aliphatic heterocycles. The van der Waals surface area contributed by atoms with Gasteiger partial charge in [-0.25, -0.2) is 8.78 Å². The molecule has 2 aromatic rings. The highest BCUT2D eigenvalue weighted by Gasteiger charge is 2.09. The molecule has 0 amide bonds. The lowest BCUT2D eigenvalue weighted by Crippen LogP contribution is -2.03. The van der Waals surface area contributed by atoms with Crippen LogP contribution in [0.25, 0.3) is 0 Å². The van der Waals surface area contributed by atoms with E-state index in [1.54, 1.807) is 0 Å². The smallest absolute Gasteiger partial charge is 0.150 e. The first-order valence-electron chi connectivity index (χ1n) is 6.06. The van der Waals surface area contributed by atoms with Crippen molar-refractivity contribution in [3.63, 3.8) is 0 Å². The summed E-state index contributed by atoms with van der Waals surface area (Å²) in [6, 6.07) is 10.2. The average molecular weight is 326 g/mol. The number of hydrogen-bond acceptors (Lipinski definition) is 1. The summed E-state index contributed by atoms with van der Waals surface area (Å²) in [5, 5.41) is 2.97. The number of benzene rings is 2. The summed E-state index contributed by atoms with van der Waals surface area (Å²) < 4.78 is 26.9. The quantitative estimate of drug-likeness (QED) is 0.842. The molecule has 0 saturated heterocycles. The van der Waals surface area contributed by atoms with Crippen LogP contribution in [0.1, 0.15) is 18.1 Å². The molecule has 1 nitrogen and oxygen atoms in total. The van der Waals surface area contributed by atoms with E-state index in [1.807, 2.05) is 24.3 Å². The van der Waals surface area contributed by atoms with Gasteiger partial charge in [-0.2, -0.15) is 0 Å². The number of aryl methyl sites for hydroxylation is 1. The lowest BCUT2D eigenvalue weighted by atomic mass is 10.1. The van der Waals surface area contributed by atoms with Crippen LogP contribution in [0.2, 0.25) is 0 Å². The van der Waals surface area contributed by atoms with Gasteiger partial charge in [0.05, 0.1) is 5.69 Å². The van der Waals surface area contributed by atoms with Crippen LogP contribution >= 0.6 is 15.9 Å². The third-order valence-corrected chi connectivity index (χ3v) is 3.53. The minimum atomic E-state index is -0.600. The van der Waals surface area contributed by atoms with Crippen molar-refractivity contribution in [1.82, 2.24) is 0 Å². The monoisotopic (exact) mass is 325 g/mol. The van der Waals surface area contributed by atoms with Crippen molar-refractivity contribution in [3.8, 4) is 0 Å². The predicted octanol–water partition coefficient (Wildman–Crippen LogP) is 4.90. The number of hydrogen-bond donors (Lipinski definition) is 1. The number of halogens is 3. The largest absolute Gasteiger partial charge is 0.378 e. The van der Waals surface area contributed by atoms with Gasteiger partial charge < -0.3 is 5.32 Å². The summed E-state index contributed by atoms with van der Waals surface area (Å²) in [6.07, 6.45) is 0.992. The first kappa shape index (κ1) is 14.0. The van der Waals surface area contributed by atoms with Crippen molar-refractivity contribution in [2.75, 3.05) is 5.32 Å². The van der Waals surface area contributed by atoms with Crippen LogP contribution < -0.4 is 5.32 Å². The van der Waals surface area contributed by atoms with E-state index < -0.39 is 11.6 Å². The lowest BCUT2D eigenvalue weighted by Gasteiger charge is -2.10. The molecular weight excluding hydrogens is 312 g/mol. The molecule has 0 aromatic heterocycles. The molecule has 0 spiro atoms. The number of rotatable bonds is 4. The lowest BCUT2D eigenvalue weighted by molar-refractivity contribution is 0.583. The zero-order chi connectivity index (χ0) is 13.8. The summed E-state index contributed by atoms with van der Waals surface area (Å²) in [5.41, 5.74) is 2.59. The van der Waals surface area contributed by atoms with Crippen LogP contribution in [0.3, 0.4) is 0 Å². The van der Waals surface area contributed by atoms with E-state index in [4.69, 9.17) is 0 Å². The van der Waals surface area contributed by atoms with E-state index in [-0.39, 0.29) is 5.69 Å². The van der Waals surface area contributed by atoms with Crippen molar-refractivity contribution in [2.24, 2.45) is 0 Å². The summed E-state index contributed by atoms with van der Waals surface area (Å²) >= 11 is 3.15. The first-order valence-corrected chi connectivity index (χ1v) is 6.85. The van der Waals surface area contributed by atoms with Crippen molar-refractivity contribution in [2.45, 2.75) is 19.9 Å². The molecule has 0 saturated carbocycles. The number of nitrogens with one attached hydrogen (secondary N) is 1. The van der Waals surface area contributed by atoms with E-state index in [0.29, 0.717) is 11.0 Å². The zero-order valence-corrected chi connectivity index (χ0v) is 12.1. The maximum Gasteiger partial charge on any atom is 0.150 e. The van der Waals surface area contributed by atoms with Crippen LogP contribution in [0.5, 0.6) is 0 Å². The molecule has 0 bridgehead atoms. The van der Waals surface area contributed by atoms with Gasteiger partial charge in [0.2, 0.25) is 0 Å². The van der Waals surface area contributed by atoms with Crippen LogP contribution in [-0.4, -0.2) is 0 Å². The molecule has 0 aliphatic carbocycles. The van der Waals surface area contributed by atoms with Crippen molar-refractivity contribution in [3.05, 3.63) is 63.6 Å². The molecule has 0 atom stereocenters. The van der Waals surface area contributed by atoms with Gasteiger partial charge in [0.25, 0.3) is 0 Å². The van der Waals surface area contributed by atoms with E-state index in [1.165, 1.54) is 11.6 Å². The molecule has 0 unspecified atom stereocenters. The van der Waals surface area contributed by atoms with E-state index in [2.05, 4.69) is 28.2 Å². The second kappa shape index (κ2) is 6.15. The Hall–Kier alpha value is -1.42. The molecule has 1 N–H and O–H groups in total. The second-order valence-corrected chi connectivity index (χ2v) is 5.12. The summed E-state index contributed by atoms with van der Waals surface area (Å²) in [4.78, 5) is 0. The Morgan fingerprint density at radius 1 is 1.05 bits per heavy atom. The normalized spacial score (nSPS) is 10.5. The molecule has 0 radical (unpaired) electrons. The van der Waals surface area contributed by atoms with Crippen molar-refractivity contribution < 1.29 is 8.78 Å². The standard InChI is InChI=1S/C15H14BrF2N/c1-2-10-3-5-11(6-4-10)9-19-15-13(16)7-12(17)8-14(15)18/h3-8,19H,2,9H2,1H3. The van der Waals surface area contributed by atoms with Crippen molar-refractivity contribution >= 4 is 21.6 Å². The van der Waals surface area contributed by atoms with Crippen molar-refractivity contribution in [1.29, 1.82) is 0 Å². The van der Waals surface area contributed by atoms with Gasteiger partial charge in [-0.05, 0) is 39.5 Å². The van der Waals surface area contributed by atoms with Gasteiger partial charge >= 0.3 is 0 Å². The third-order valence-electron chi connectivity index (χ3n) is 2.91. The molecule has 2 aromatic carbocycles. The van der Waals surface area contributed by atoms with Crippen LogP contribution in [-0.2, 0) is 13.0 Å². The minimum Gasteiger partial charge on any atom is -0.378 e. The third kappa shape index (κ3) is 3.53. The summed E-state index contributed by atoms with van der Waals surface area (Å²) in [7, 11) is 0. The Morgan fingerprint density at radius 3 is 2.26 bits per heavy atom. The molecule has 0 heterocycles. The highest BCUT2D eigenvalue weighted by Crippen LogP contribution is 2.27. The fourth-order valence-corrected chi connectivity index (χ4v) is 2.34. The Labute approximate surface area is 119 Å². The van der Waals surface area contributed by atoms with Gasteiger partial charge in [-0.15, -0.1) is 0 Å². The Morgan fingerprint density at radius 2 is 1.68 bits per heavy atom. The fourth-order valence-electron chi connectivity index (χ4n) is 1.79. The summed E-state index contributed by atoms with van der Waals surface area (Å²) in [5.74, 6) is -1.20.